The monoisotopic (exact) mass is 306 g/mol. The van der Waals surface area contributed by atoms with E-state index < -0.39 is 12.3 Å². The number of carbonyl (C=O) groups is 3. The van der Waals surface area contributed by atoms with Crippen LogP contribution in [-0.4, -0.2) is 37.6 Å². The summed E-state index contributed by atoms with van der Waals surface area (Å²) in [4.78, 5) is 39.5. The molecule has 0 unspecified atom stereocenters. The van der Waals surface area contributed by atoms with Crippen LogP contribution >= 0.6 is 0 Å². The Kier molecular flexibility index (Phi) is 11.6. The average Bonchev–Trinajstić information content (AvgIpc) is 2.34. The van der Waals surface area contributed by atoms with Gasteiger partial charge in [0, 0.05) is 5.57 Å². The highest BCUT2D eigenvalue weighted by atomic mass is 17.3. The van der Waals surface area contributed by atoms with Crippen molar-refractivity contribution in [1.29, 1.82) is 0 Å². The average molecular weight is 306 g/mol. The molecule has 0 aliphatic rings. The first-order valence-corrected chi connectivity index (χ1v) is 6.09. The standard InChI is InChI=1S/C8H14O6.C5H8O2/c1-5(2)11-7(9)13-14-8(10)12-6(3)4;1-4(2)5(6)7-3/h5-6H,1-4H3;1H2,2-3H3. The molecule has 0 aromatic carbocycles. The van der Waals surface area contributed by atoms with E-state index in [1.165, 1.54) is 7.11 Å². The first-order chi connectivity index (χ1) is 9.59. The number of hydrogen-bond donors (Lipinski definition) is 0. The van der Waals surface area contributed by atoms with Crippen LogP contribution in [0.2, 0.25) is 0 Å². The Hall–Kier alpha value is -2.25. The lowest BCUT2D eigenvalue weighted by molar-refractivity contribution is -0.222. The van der Waals surface area contributed by atoms with E-state index in [4.69, 9.17) is 0 Å². The molecular weight excluding hydrogens is 284 g/mol. The Morgan fingerprint density at radius 1 is 0.857 bits per heavy atom. The SMILES string of the molecule is C=C(C)C(=O)OC.CC(C)OC(=O)OOC(=O)OC(C)C. The fourth-order valence-corrected chi connectivity index (χ4v) is 0.666. The smallest absolute Gasteiger partial charge is 0.466 e. The zero-order valence-electron chi connectivity index (χ0n) is 13.1. The molecule has 0 heterocycles. The maximum atomic E-state index is 10.7. The van der Waals surface area contributed by atoms with Crippen LogP contribution in [0.4, 0.5) is 9.59 Å². The van der Waals surface area contributed by atoms with Crippen LogP contribution in [-0.2, 0) is 28.8 Å². The van der Waals surface area contributed by atoms with E-state index in [2.05, 4.69) is 30.6 Å². The van der Waals surface area contributed by atoms with Gasteiger partial charge in [0.05, 0.1) is 19.3 Å². The second kappa shape index (κ2) is 11.6. The van der Waals surface area contributed by atoms with Crippen LogP contribution in [0, 0.1) is 0 Å². The Morgan fingerprint density at radius 3 is 1.33 bits per heavy atom. The van der Waals surface area contributed by atoms with Crippen LogP contribution in [0.3, 0.4) is 0 Å². The van der Waals surface area contributed by atoms with Crippen molar-refractivity contribution in [2.24, 2.45) is 0 Å². The number of carbonyl (C=O) groups excluding carboxylic acids is 3. The predicted molar refractivity (Wildman–Crippen MR) is 72.2 cm³/mol. The largest absolute Gasteiger partial charge is 0.550 e. The van der Waals surface area contributed by atoms with Crippen LogP contribution < -0.4 is 0 Å². The lowest BCUT2D eigenvalue weighted by Crippen LogP contribution is -2.18. The van der Waals surface area contributed by atoms with Gasteiger partial charge < -0.3 is 14.2 Å². The van der Waals surface area contributed by atoms with Crippen LogP contribution in [0.5, 0.6) is 0 Å². The van der Waals surface area contributed by atoms with Crippen molar-refractivity contribution in [3.8, 4) is 0 Å². The molecule has 21 heavy (non-hydrogen) atoms. The van der Waals surface area contributed by atoms with Gasteiger partial charge in [-0.2, -0.15) is 19.4 Å². The Bertz CT molecular complexity index is 337. The van der Waals surface area contributed by atoms with E-state index >= 15 is 0 Å². The van der Waals surface area contributed by atoms with Gasteiger partial charge in [-0.1, -0.05) is 6.58 Å². The van der Waals surface area contributed by atoms with Crippen molar-refractivity contribution in [3.63, 3.8) is 0 Å². The first kappa shape index (κ1) is 21.1. The molecule has 0 rings (SSSR count). The molecule has 122 valence electrons. The number of esters is 1. The van der Waals surface area contributed by atoms with Crippen LogP contribution in [0.25, 0.3) is 0 Å². The quantitative estimate of drug-likeness (QED) is 0.258. The Labute approximate surface area is 123 Å². The molecule has 0 spiro atoms. The lowest BCUT2D eigenvalue weighted by Gasteiger charge is -2.08. The summed E-state index contributed by atoms with van der Waals surface area (Å²) in [7, 11) is 1.33. The van der Waals surface area contributed by atoms with Gasteiger partial charge in [0.15, 0.2) is 0 Å². The van der Waals surface area contributed by atoms with Gasteiger partial charge in [-0.15, -0.1) is 0 Å². The number of methoxy groups -OCH3 is 1. The number of ether oxygens (including phenoxy) is 3. The highest BCUT2D eigenvalue weighted by Gasteiger charge is 2.14. The molecule has 0 aromatic rings. The first-order valence-electron chi connectivity index (χ1n) is 6.09. The fourth-order valence-electron chi connectivity index (χ4n) is 0.666. The minimum Gasteiger partial charge on any atom is -0.466 e. The van der Waals surface area contributed by atoms with Gasteiger partial charge in [-0.25, -0.2) is 4.79 Å². The minimum atomic E-state index is -1.08. The molecule has 0 amide bonds. The van der Waals surface area contributed by atoms with Crippen molar-refractivity contribution in [3.05, 3.63) is 12.2 Å². The topological polar surface area (TPSA) is 97.4 Å². The normalized spacial score (nSPS) is 9.14. The third-order valence-electron chi connectivity index (χ3n) is 1.38. The summed E-state index contributed by atoms with van der Waals surface area (Å²) in [5.41, 5.74) is 0.433. The van der Waals surface area contributed by atoms with Gasteiger partial charge in [-0.05, 0) is 34.6 Å². The van der Waals surface area contributed by atoms with E-state index in [1.807, 2.05) is 0 Å². The Balaban J connectivity index is 0. The summed E-state index contributed by atoms with van der Waals surface area (Å²) >= 11 is 0. The predicted octanol–water partition coefficient (Wildman–Crippen LogP) is 2.76. The van der Waals surface area contributed by atoms with E-state index in [0.29, 0.717) is 5.57 Å². The zero-order chi connectivity index (χ0) is 17.0. The summed E-state index contributed by atoms with van der Waals surface area (Å²) < 4.78 is 13.3. The summed E-state index contributed by atoms with van der Waals surface area (Å²) in [5.74, 6) is -0.347. The van der Waals surface area contributed by atoms with Crippen molar-refractivity contribution < 1.29 is 38.4 Å². The second-order valence-electron chi connectivity index (χ2n) is 4.27. The molecule has 8 heteroatoms. The summed E-state index contributed by atoms with van der Waals surface area (Å²) in [6.45, 7) is 11.5. The van der Waals surface area contributed by atoms with E-state index in [1.54, 1.807) is 34.6 Å². The summed E-state index contributed by atoms with van der Waals surface area (Å²) in [6, 6.07) is 0. The van der Waals surface area contributed by atoms with Gasteiger partial charge in [0.25, 0.3) is 0 Å². The molecule has 0 atom stereocenters. The molecule has 8 nitrogen and oxygen atoms in total. The molecule has 0 aliphatic carbocycles. The van der Waals surface area contributed by atoms with Crippen LogP contribution in [0.15, 0.2) is 12.2 Å². The molecule has 0 aliphatic heterocycles. The second-order valence-corrected chi connectivity index (χ2v) is 4.27. The third-order valence-corrected chi connectivity index (χ3v) is 1.38. The van der Waals surface area contributed by atoms with Gasteiger partial charge >= 0.3 is 18.3 Å². The van der Waals surface area contributed by atoms with Crippen molar-refractivity contribution in [2.45, 2.75) is 46.8 Å². The molecular formula is C13H22O8. The molecule has 0 radical (unpaired) electrons. The third kappa shape index (κ3) is 15.7. The Morgan fingerprint density at radius 2 is 1.19 bits per heavy atom. The van der Waals surface area contributed by atoms with Crippen molar-refractivity contribution in [1.82, 2.24) is 0 Å². The summed E-state index contributed by atoms with van der Waals surface area (Å²) in [6.07, 6.45) is -2.85. The molecule has 0 saturated heterocycles. The molecule has 0 aromatic heterocycles. The molecule has 0 fully saturated rings. The minimum absolute atomic E-state index is 0.341. The lowest BCUT2D eigenvalue weighted by atomic mass is 10.4. The van der Waals surface area contributed by atoms with Crippen molar-refractivity contribution >= 4 is 18.3 Å². The van der Waals surface area contributed by atoms with Gasteiger partial charge in [0.1, 0.15) is 0 Å². The van der Waals surface area contributed by atoms with Gasteiger partial charge in [0.2, 0.25) is 0 Å². The highest BCUT2D eigenvalue weighted by molar-refractivity contribution is 5.86. The van der Waals surface area contributed by atoms with Crippen molar-refractivity contribution in [2.75, 3.05) is 7.11 Å². The van der Waals surface area contributed by atoms with Crippen LogP contribution in [0.1, 0.15) is 34.6 Å². The molecule has 0 bridgehead atoms. The fraction of sp³-hybridized carbons (Fsp3) is 0.615. The maximum absolute atomic E-state index is 10.7. The van der Waals surface area contributed by atoms with E-state index in [9.17, 15) is 14.4 Å². The molecule has 0 saturated carbocycles. The van der Waals surface area contributed by atoms with Gasteiger partial charge in [-0.3, -0.25) is 0 Å². The van der Waals surface area contributed by atoms with E-state index in [0.717, 1.165) is 0 Å². The number of hydrogen-bond acceptors (Lipinski definition) is 8. The molecule has 0 N–H and O–H groups in total. The highest BCUT2D eigenvalue weighted by Crippen LogP contribution is 1.97. The van der Waals surface area contributed by atoms with E-state index in [-0.39, 0.29) is 18.2 Å². The zero-order valence-corrected chi connectivity index (χ0v) is 13.1. The maximum Gasteiger partial charge on any atom is 0.550 e. The number of rotatable bonds is 3. The summed E-state index contributed by atoms with van der Waals surface area (Å²) in [5, 5.41) is 0.